The fourth-order valence-corrected chi connectivity index (χ4v) is 4.45. The third-order valence-electron chi connectivity index (χ3n) is 4.14. The highest BCUT2D eigenvalue weighted by molar-refractivity contribution is 8.00. The third kappa shape index (κ3) is 4.21. The van der Waals surface area contributed by atoms with Crippen LogP contribution in [-0.4, -0.2) is 26.1 Å². The van der Waals surface area contributed by atoms with Crippen molar-refractivity contribution in [1.29, 1.82) is 0 Å². The van der Waals surface area contributed by atoms with E-state index >= 15 is 0 Å². The van der Waals surface area contributed by atoms with Gasteiger partial charge in [-0.2, -0.15) is 0 Å². The number of carbonyl (C=O) groups is 1. The van der Waals surface area contributed by atoms with Gasteiger partial charge in [-0.25, -0.2) is 15.0 Å². The van der Waals surface area contributed by atoms with Crippen LogP contribution in [0.3, 0.4) is 0 Å². The minimum atomic E-state index is -0.297. The van der Waals surface area contributed by atoms with E-state index in [0.717, 1.165) is 21.8 Å². The topological polar surface area (TPSA) is 67.8 Å². The largest absolute Gasteiger partial charge is 0.325 e. The van der Waals surface area contributed by atoms with Crippen LogP contribution < -0.4 is 5.32 Å². The van der Waals surface area contributed by atoms with E-state index in [1.807, 2.05) is 31.2 Å². The summed E-state index contributed by atoms with van der Waals surface area (Å²) in [6.07, 6.45) is 3.34. The summed E-state index contributed by atoms with van der Waals surface area (Å²) in [4.78, 5) is 25.4. The Bertz CT molecular complexity index is 1110. The lowest BCUT2D eigenvalue weighted by atomic mass is 10.2. The van der Waals surface area contributed by atoms with E-state index < -0.39 is 0 Å². The number of thioether (sulfide) groups is 1. The van der Waals surface area contributed by atoms with Gasteiger partial charge in [0.2, 0.25) is 5.91 Å². The molecule has 0 unspecified atom stereocenters. The predicted octanol–water partition coefficient (Wildman–Crippen LogP) is 5.18. The van der Waals surface area contributed by atoms with Gasteiger partial charge in [0.15, 0.2) is 5.16 Å². The van der Waals surface area contributed by atoms with Gasteiger partial charge in [0.05, 0.1) is 15.5 Å². The molecule has 0 spiro atoms. The Morgan fingerprint density at radius 1 is 1.11 bits per heavy atom. The van der Waals surface area contributed by atoms with Crippen molar-refractivity contribution in [3.8, 4) is 10.6 Å². The zero-order valence-electron chi connectivity index (χ0n) is 15.4. The molecular weight excluding hydrogens is 388 g/mol. The minimum absolute atomic E-state index is 0.0827. The van der Waals surface area contributed by atoms with Crippen molar-refractivity contribution in [2.75, 3.05) is 5.32 Å². The number of anilines is 1. The second-order valence-corrected chi connectivity index (χ2v) is 8.69. The maximum absolute atomic E-state index is 12.4. The average Bonchev–Trinajstić information content (AvgIpc) is 3.12. The van der Waals surface area contributed by atoms with Gasteiger partial charge in [0.1, 0.15) is 5.01 Å². The van der Waals surface area contributed by atoms with Crippen molar-refractivity contribution in [2.45, 2.75) is 24.3 Å². The fourth-order valence-electron chi connectivity index (χ4n) is 2.65. The first-order valence-corrected chi connectivity index (χ1v) is 10.5. The van der Waals surface area contributed by atoms with Crippen LogP contribution in [0.5, 0.6) is 0 Å². The summed E-state index contributed by atoms with van der Waals surface area (Å²) in [6, 6.07) is 15.8. The van der Waals surface area contributed by atoms with Gasteiger partial charge in [-0.15, -0.1) is 11.3 Å². The van der Waals surface area contributed by atoms with Gasteiger partial charge < -0.3 is 5.32 Å². The van der Waals surface area contributed by atoms with Crippen molar-refractivity contribution in [3.05, 3.63) is 66.5 Å². The zero-order chi connectivity index (χ0) is 19.5. The molecule has 0 saturated heterocycles. The smallest absolute Gasteiger partial charge is 0.237 e. The van der Waals surface area contributed by atoms with Crippen LogP contribution in [0.4, 0.5) is 5.69 Å². The molecule has 4 rings (SSSR count). The van der Waals surface area contributed by atoms with Crippen LogP contribution in [0.15, 0.2) is 66.1 Å². The summed E-state index contributed by atoms with van der Waals surface area (Å²) < 4.78 is 1.18. The molecule has 0 aliphatic rings. The second-order valence-electron chi connectivity index (χ2n) is 6.35. The number of nitrogens with one attached hydrogen (secondary N) is 1. The lowest BCUT2D eigenvalue weighted by Gasteiger charge is -2.11. The molecule has 0 saturated carbocycles. The highest BCUT2D eigenvalue weighted by atomic mass is 32.2. The van der Waals surface area contributed by atoms with Crippen molar-refractivity contribution >= 4 is 44.9 Å². The molecule has 0 bridgehead atoms. The quantitative estimate of drug-likeness (QED) is 0.365. The SMILES string of the molecule is Cc1ccc2nc(-c3ccc(NC(=O)[C@H](C)Sc4ncccn4)cc3)sc2c1. The molecule has 1 amide bonds. The van der Waals surface area contributed by atoms with E-state index in [2.05, 4.69) is 40.4 Å². The molecule has 0 aliphatic heterocycles. The van der Waals surface area contributed by atoms with Crippen LogP contribution in [-0.2, 0) is 4.79 Å². The number of amides is 1. The number of nitrogens with zero attached hydrogens (tertiary/aromatic N) is 3. The van der Waals surface area contributed by atoms with E-state index in [4.69, 9.17) is 4.98 Å². The van der Waals surface area contributed by atoms with E-state index in [0.29, 0.717) is 5.16 Å². The molecule has 1 atom stereocenters. The van der Waals surface area contributed by atoms with Gasteiger partial charge in [0, 0.05) is 23.6 Å². The molecule has 2 aromatic carbocycles. The highest BCUT2D eigenvalue weighted by Crippen LogP contribution is 2.31. The van der Waals surface area contributed by atoms with E-state index in [1.54, 1.807) is 29.8 Å². The molecule has 1 N–H and O–H groups in total. The highest BCUT2D eigenvalue weighted by Gasteiger charge is 2.16. The average molecular weight is 407 g/mol. The monoisotopic (exact) mass is 406 g/mol. The molecular formula is C21H18N4OS2. The molecule has 0 aliphatic carbocycles. The lowest BCUT2D eigenvalue weighted by molar-refractivity contribution is -0.115. The maximum Gasteiger partial charge on any atom is 0.237 e. The number of thiazole rings is 1. The van der Waals surface area contributed by atoms with Crippen molar-refractivity contribution in [1.82, 2.24) is 15.0 Å². The van der Waals surface area contributed by atoms with Gasteiger partial charge in [-0.3, -0.25) is 4.79 Å². The zero-order valence-corrected chi connectivity index (χ0v) is 17.1. The molecule has 2 heterocycles. The first-order valence-electron chi connectivity index (χ1n) is 8.81. The number of carbonyl (C=O) groups excluding carboxylic acids is 1. The summed E-state index contributed by atoms with van der Waals surface area (Å²) in [7, 11) is 0. The molecule has 0 fully saturated rings. The Labute approximate surface area is 171 Å². The first-order chi connectivity index (χ1) is 13.6. The summed E-state index contributed by atoms with van der Waals surface area (Å²) >= 11 is 3.01. The van der Waals surface area contributed by atoms with Crippen molar-refractivity contribution in [2.24, 2.45) is 0 Å². The summed E-state index contributed by atoms with van der Waals surface area (Å²) in [5.74, 6) is -0.0827. The number of benzene rings is 2. The number of aryl methyl sites for hydroxylation is 1. The van der Waals surface area contributed by atoms with E-state index in [9.17, 15) is 4.79 Å². The Balaban J connectivity index is 1.44. The third-order valence-corrected chi connectivity index (χ3v) is 6.19. The van der Waals surface area contributed by atoms with Crippen LogP contribution in [0.25, 0.3) is 20.8 Å². The van der Waals surface area contributed by atoms with Gasteiger partial charge in [0.25, 0.3) is 0 Å². The maximum atomic E-state index is 12.4. The van der Waals surface area contributed by atoms with Crippen molar-refractivity contribution in [3.63, 3.8) is 0 Å². The molecule has 2 aromatic heterocycles. The van der Waals surface area contributed by atoms with Gasteiger partial charge >= 0.3 is 0 Å². The van der Waals surface area contributed by atoms with Crippen LogP contribution in [0.1, 0.15) is 12.5 Å². The minimum Gasteiger partial charge on any atom is -0.325 e. The van der Waals surface area contributed by atoms with Crippen LogP contribution >= 0.6 is 23.1 Å². The summed E-state index contributed by atoms with van der Waals surface area (Å²) in [5, 5.41) is 4.21. The standard InChI is InChI=1S/C21H18N4OS2/c1-13-4-9-17-18(12-13)28-20(25-17)15-5-7-16(8-6-15)24-19(26)14(2)27-21-22-10-3-11-23-21/h3-12,14H,1-2H3,(H,24,26)/t14-/m0/s1. The Morgan fingerprint density at radius 2 is 1.86 bits per heavy atom. The van der Waals surface area contributed by atoms with Crippen LogP contribution in [0.2, 0.25) is 0 Å². The molecule has 28 heavy (non-hydrogen) atoms. The molecule has 5 nitrogen and oxygen atoms in total. The first kappa shape index (κ1) is 18.6. The normalized spacial score (nSPS) is 12.1. The number of rotatable bonds is 5. The summed E-state index contributed by atoms with van der Waals surface area (Å²) in [6.45, 7) is 3.92. The van der Waals surface area contributed by atoms with Gasteiger partial charge in [-0.1, -0.05) is 17.8 Å². The molecule has 140 valence electrons. The number of hydrogen-bond donors (Lipinski definition) is 1. The Morgan fingerprint density at radius 3 is 2.61 bits per heavy atom. The number of aromatic nitrogens is 3. The molecule has 7 heteroatoms. The summed E-state index contributed by atoms with van der Waals surface area (Å²) in [5.41, 5.74) is 4.04. The molecule has 0 radical (unpaired) electrons. The Kier molecular flexibility index (Phi) is 5.36. The predicted molar refractivity (Wildman–Crippen MR) is 116 cm³/mol. The fraction of sp³-hybridized carbons (Fsp3) is 0.143. The second kappa shape index (κ2) is 8.08. The van der Waals surface area contributed by atoms with Crippen molar-refractivity contribution < 1.29 is 4.79 Å². The number of hydrogen-bond acceptors (Lipinski definition) is 6. The number of fused-ring (bicyclic) bond motifs is 1. The Hall–Kier alpha value is -2.77. The lowest BCUT2D eigenvalue weighted by Crippen LogP contribution is -2.22. The van der Waals surface area contributed by atoms with Gasteiger partial charge in [-0.05, 0) is 61.9 Å². The van der Waals surface area contributed by atoms with E-state index in [-0.39, 0.29) is 11.2 Å². The molecule has 4 aromatic rings. The van der Waals surface area contributed by atoms with E-state index in [1.165, 1.54) is 22.0 Å². The van der Waals surface area contributed by atoms with Crippen LogP contribution in [0, 0.1) is 6.92 Å².